The van der Waals surface area contributed by atoms with Gasteiger partial charge in [-0.05, 0) is 5.75 Å². The molecule has 0 saturated heterocycles. The number of thioether (sulfide) groups is 1. The summed E-state index contributed by atoms with van der Waals surface area (Å²) in [7, 11) is 0.661. The average Bonchev–Trinajstić information content (AvgIpc) is 3.05. The van der Waals surface area contributed by atoms with E-state index in [1.807, 2.05) is 6.92 Å². The molecule has 0 radical (unpaired) electrons. The van der Waals surface area contributed by atoms with Crippen molar-refractivity contribution in [2.24, 2.45) is 0 Å². The number of anilines is 2. The van der Waals surface area contributed by atoms with Gasteiger partial charge >= 0.3 is 0 Å². The van der Waals surface area contributed by atoms with Crippen LogP contribution in [0.3, 0.4) is 0 Å². The van der Waals surface area contributed by atoms with Crippen molar-refractivity contribution in [3.63, 3.8) is 0 Å². The molecule has 48 heavy (non-hydrogen) atoms. The summed E-state index contributed by atoms with van der Waals surface area (Å²) in [4.78, 5) is 40.2. The summed E-state index contributed by atoms with van der Waals surface area (Å²) >= 11 is 1.30. The highest BCUT2D eigenvalue weighted by Crippen LogP contribution is 2.31. The highest BCUT2D eigenvalue weighted by atomic mass is 32.2. The lowest BCUT2D eigenvalue weighted by molar-refractivity contribution is 0.102. The standard InChI is InChI=1S/C14H12F3N3O3S.C14H12F3N3O2S.CH4/c1-3-24(22)14-19-5-6(13(18)20-14)12(21)9-8(23-2)4-7(15)10(16)11(9)17;1-3-23-14-19-5-6(13(18)20-14)12(21)9-8(22-2)4-7(15)10(16)11(9)17;/h4-5H,3H2,1-2H3,(H2,18,19,20);4-5H,3H2,1-2H3,(H2,18,19,20);1H4. The second-order valence-electron chi connectivity index (χ2n) is 8.76. The minimum absolute atomic E-state index is 0. The molecule has 4 aromatic rings. The highest BCUT2D eigenvalue weighted by molar-refractivity contribution is 7.99. The Hall–Kier alpha value is -4.78. The van der Waals surface area contributed by atoms with E-state index in [2.05, 4.69) is 19.9 Å². The van der Waals surface area contributed by atoms with Gasteiger partial charge in [0.25, 0.3) is 0 Å². The van der Waals surface area contributed by atoms with Crippen LogP contribution in [-0.2, 0) is 10.8 Å². The predicted octanol–water partition coefficient (Wildman–Crippen LogP) is 5.31. The Morgan fingerprint density at radius 3 is 1.58 bits per heavy atom. The molecule has 11 nitrogen and oxygen atoms in total. The first-order chi connectivity index (χ1) is 22.2. The van der Waals surface area contributed by atoms with Gasteiger partial charge in [-0.2, -0.15) is 0 Å². The maximum Gasteiger partial charge on any atom is 0.220 e. The van der Waals surface area contributed by atoms with Crippen molar-refractivity contribution in [3.05, 3.63) is 81.7 Å². The Morgan fingerprint density at radius 1 is 0.771 bits per heavy atom. The van der Waals surface area contributed by atoms with Gasteiger partial charge in [-0.3, -0.25) is 13.8 Å². The predicted molar refractivity (Wildman–Crippen MR) is 166 cm³/mol. The Labute approximate surface area is 276 Å². The van der Waals surface area contributed by atoms with Crippen molar-refractivity contribution in [3.8, 4) is 11.5 Å². The smallest absolute Gasteiger partial charge is 0.220 e. The third-order valence-corrected chi connectivity index (χ3v) is 7.84. The van der Waals surface area contributed by atoms with Gasteiger partial charge in [0.15, 0.2) is 40.1 Å². The summed E-state index contributed by atoms with van der Waals surface area (Å²) < 4.78 is 102. The Kier molecular flexibility index (Phi) is 13.8. The molecular formula is C29H28F6N6O5S2. The van der Waals surface area contributed by atoms with Crippen molar-refractivity contribution in [2.75, 3.05) is 37.2 Å². The van der Waals surface area contributed by atoms with E-state index >= 15 is 0 Å². The minimum Gasteiger partial charge on any atom is -0.496 e. The first kappa shape index (κ1) is 39.4. The number of nitrogens with zero attached hydrogens (tertiary/aromatic N) is 4. The molecule has 2 aromatic carbocycles. The number of carbonyl (C=O) groups excluding carboxylic acids is 2. The van der Waals surface area contributed by atoms with Crippen molar-refractivity contribution >= 4 is 45.8 Å². The first-order valence-electron chi connectivity index (χ1n) is 13.0. The lowest BCUT2D eigenvalue weighted by atomic mass is 10.0. The molecule has 0 bridgehead atoms. The molecule has 2 aromatic heterocycles. The number of aromatic nitrogens is 4. The fourth-order valence-electron chi connectivity index (χ4n) is 3.70. The fourth-order valence-corrected chi connectivity index (χ4v) is 4.88. The molecule has 0 saturated carbocycles. The molecule has 1 unspecified atom stereocenters. The number of hydrogen-bond acceptors (Lipinski definition) is 12. The molecule has 0 fully saturated rings. The van der Waals surface area contributed by atoms with Gasteiger partial charge in [0.1, 0.15) is 34.3 Å². The third-order valence-electron chi connectivity index (χ3n) is 5.97. The monoisotopic (exact) mass is 718 g/mol. The van der Waals surface area contributed by atoms with E-state index in [0.717, 1.165) is 26.6 Å². The van der Waals surface area contributed by atoms with E-state index in [1.165, 1.54) is 11.8 Å². The van der Waals surface area contributed by atoms with Gasteiger partial charge in [0, 0.05) is 30.3 Å². The van der Waals surface area contributed by atoms with E-state index in [-0.39, 0.29) is 41.1 Å². The van der Waals surface area contributed by atoms with Crippen LogP contribution in [0.5, 0.6) is 11.5 Å². The number of nitrogen functional groups attached to an aromatic ring is 2. The van der Waals surface area contributed by atoms with E-state index in [4.69, 9.17) is 20.9 Å². The van der Waals surface area contributed by atoms with Crippen molar-refractivity contribution in [2.45, 2.75) is 31.6 Å². The molecule has 19 heteroatoms. The van der Waals surface area contributed by atoms with Crippen LogP contribution in [-0.4, -0.2) is 61.4 Å². The summed E-state index contributed by atoms with van der Waals surface area (Å²) in [6, 6.07) is 1.13. The highest BCUT2D eigenvalue weighted by Gasteiger charge is 2.29. The molecule has 0 amide bonds. The second-order valence-corrected chi connectivity index (χ2v) is 11.6. The molecule has 0 spiro atoms. The summed E-state index contributed by atoms with van der Waals surface area (Å²) in [6.45, 7) is 3.51. The van der Waals surface area contributed by atoms with E-state index in [1.54, 1.807) is 6.92 Å². The summed E-state index contributed by atoms with van der Waals surface area (Å²) in [5, 5.41) is 0.253. The summed E-state index contributed by atoms with van der Waals surface area (Å²) in [5.41, 5.74) is 9.12. The van der Waals surface area contributed by atoms with Gasteiger partial charge in [-0.15, -0.1) is 0 Å². The molecule has 0 aliphatic carbocycles. The molecule has 4 rings (SSSR count). The normalized spacial score (nSPS) is 11.1. The number of ketones is 2. The van der Waals surface area contributed by atoms with Crippen molar-refractivity contribution in [1.29, 1.82) is 0 Å². The molecule has 258 valence electrons. The lowest BCUT2D eigenvalue weighted by Crippen LogP contribution is -2.14. The summed E-state index contributed by atoms with van der Waals surface area (Å²) in [5.74, 6) is -12.6. The van der Waals surface area contributed by atoms with Crippen LogP contribution in [0.2, 0.25) is 0 Å². The maximum absolute atomic E-state index is 14.0. The van der Waals surface area contributed by atoms with Crippen LogP contribution >= 0.6 is 11.8 Å². The molecule has 4 N–H and O–H groups in total. The number of nitrogens with two attached hydrogens (primary N) is 2. The van der Waals surface area contributed by atoms with Gasteiger partial charge in [0.2, 0.25) is 16.7 Å². The van der Waals surface area contributed by atoms with Gasteiger partial charge in [0.05, 0.1) is 36.1 Å². The minimum atomic E-state index is -1.82. The molecule has 1 atom stereocenters. The van der Waals surface area contributed by atoms with Gasteiger partial charge < -0.3 is 20.9 Å². The number of halogens is 6. The van der Waals surface area contributed by atoms with Crippen LogP contribution in [0.25, 0.3) is 0 Å². The third kappa shape index (κ3) is 8.19. The molecule has 2 heterocycles. The van der Waals surface area contributed by atoms with Crippen LogP contribution < -0.4 is 20.9 Å². The maximum atomic E-state index is 14.0. The zero-order valence-corrected chi connectivity index (χ0v) is 26.4. The van der Waals surface area contributed by atoms with Crippen LogP contribution in [0, 0.1) is 34.9 Å². The van der Waals surface area contributed by atoms with E-state index in [0.29, 0.717) is 23.0 Å². The largest absolute Gasteiger partial charge is 0.496 e. The fraction of sp³-hybridized carbons (Fsp3) is 0.241. The Balaban J connectivity index is 0.000000327. The van der Waals surface area contributed by atoms with E-state index < -0.39 is 79.9 Å². The quantitative estimate of drug-likeness (QED) is 0.0713. The second kappa shape index (κ2) is 16.9. The average molecular weight is 719 g/mol. The molecule has 0 aliphatic heterocycles. The number of rotatable bonds is 10. The summed E-state index contributed by atoms with van der Waals surface area (Å²) in [6.07, 6.45) is 2.07. The van der Waals surface area contributed by atoms with Crippen molar-refractivity contribution in [1.82, 2.24) is 19.9 Å². The van der Waals surface area contributed by atoms with Crippen molar-refractivity contribution < 1.29 is 49.6 Å². The zero-order valence-electron chi connectivity index (χ0n) is 24.8. The Morgan fingerprint density at radius 2 is 1.21 bits per heavy atom. The number of ether oxygens (including phenoxy) is 2. The van der Waals surface area contributed by atoms with E-state index in [9.17, 15) is 40.1 Å². The molecule has 0 aliphatic rings. The number of carbonyl (C=O) groups is 2. The van der Waals surface area contributed by atoms with Gasteiger partial charge in [-0.1, -0.05) is 33.0 Å². The first-order valence-corrected chi connectivity index (χ1v) is 15.3. The zero-order chi connectivity index (χ0) is 35.2. The molecular weight excluding hydrogens is 690 g/mol. The van der Waals surface area contributed by atoms with Crippen LogP contribution in [0.15, 0.2) is 34.8 Å². The number of hydrogen-bond donors (Lipinski definition) is 2. The lowest BCUT2D eigenvalue weighted by Gasteiger charge is -2.11. The Bertz CT molecular complexity index is 1890. The topological polar surface area (TPSA) is 173 Å². The van der Waals surface area contributed by atoms with Crippen LogP contribution in [0.1, 0.15) is 53.1 Å². The SMILES string of the molecule is C.CCS(=O)c1ncc(C(=O)c2c(OC)cc(F)c(F)c2F)c(N)n1.CCSc1ncc(C(=O)c2c(OC)cc(F)c(F)c2F)c(N)n1. The van der Waals surface area contributed by atoms with Crippen LogP contribution in [0.4, 0.5) is 38.0 Å². The number of benzene rings is 2. The van der Waals surface area contributed by atoms with Gasteiger partial charge in [-0.25, -0.2) is 46.3 Å². The number of methoxy groups -OCH3 is 2.